The molecule has 0 bridgehead atoms. The molecule has 0 atom stereocenters. The molecule has 0 aliphatic carbocycles. The van der Waals surface area contributed by atoms with Crippen molar-refractivity contribution in [2.24, 2.45) is 0 Å². The summed E-state index contributed by atoms with van der Waals surface area (Å²) in [5, 5.41) is 4.12. The molecule has 7 nitrogen and oxygen atoms in total. The van der Waals surface area contributed by atoms with Gasteiger partial charge < -0.3 is 14.3 Å². The highest BCUT2D eigenvalue weighted by Gasteiger charge is 2.22. The molecule has 1 aromatic carbocycles. The van der Waals surface area contributed by atoms with Gasteiger partial charge in [0.1, 0.15) is 11.6 Å². The lowest BCUT2D eigenvalue weighted by molar-refractivity contribution is 0.409. The second-order valence-corrected chi connectivity index (χ2v) is 6.20. The zero-order chi connectivity index (χ0) is 17.2. The van der Waals surface area contributed by atoms with Crippen LogP contribution in [0.15, 0.2) is 41.1 Å². The predicted octanol–water partition coefficient (Wildman–Crippen LogP) is 2.47. The Bertz CT molecular complexity index is 852. The molecule has 3 heterocycles. The van der Waals surface area contributed by atoms with Gasteiger partial charge in [-0.1, -0.05) is 35.0 Å². The average Bonchev–Trinajstić information content (AvgIpc) is 3.13. The fourth-order valence-electron chi connectivity index (χ4n) is 2.91. The minimum absolute atomic E-state index is 0.578. The number of hydrogen-bond donors (Lipinski definition) is 0. The fraction of sp³-hybridized carbons (Fsp3) is 0.333. The third-order valence-corrected chi connectivity index (χ3v) is 4.36. The Hall–Kier alpha value is -2.96. The molecule has 1 aliphatic heterocycles. The van der Waals surface area contributed by atoms with Gasteiger partial charge in [0.05, 0.1) is 0 Å². The number of benzene rings is 1. The van der Waals surface area contributed by atoms with Crippen LogP contribution in [0.4, 0.5) is 11.8 Å². The summed E-state index contributed by atoms with van der Waals surface area (Å²) in [6, 6.07) is 10.7. The molecule has 3 aromatic rings. The zero-order valence-corrected chi connectivity index (χ0v) is 14.4. The van der Waals surface area contributed by atoms with Crippen LogP contribution in [0.2, 0.25) is 0 Å². The molecule has 0 amide bonds. The van der Waals surface area contributed by atoms with Crippen molar-refractivity contribution in [3.05, 3.63) is 47.9 Å². The number of rotatable bonds is 3. The van der Waals surface area contributed by atoms with Crippen molar-refractivity contribution >= 4 is 11.8 Å². The highest BCUT2D eigenvalue weighted by Crippen LogP contribution is 2.22. The molecule has 0 spiro atoms. The Labute approximate surface area is 146 Å². The quantitative estimate of drug-likeness (QED) is 0.727. The lowest BCUT2D eigenvalue weighted by Crippen LogP contribution is -2.47. The first kappa shape index (κ1) is 15.6. The summed E-state index contributed by atoms with van der Waals surface area (Å²) >= 11 is 0. The standard InChI is InChI=1S/C18H20N6O/c1-13-3-5-15(6-4-13)17-21-18(25-22-17)24-11-9-23(10-12-24)16-7-8-19-14(2)20-16/h3-8H,9-12H2,1-2H3. The highest BCUT2D eigenvalue weighted by molar-refractivity contribution is 5.56. The number of anilines is 2. The molecular weight excluding hydrogens is 316 g/mol. The fourth-order valence-corrected chi connectivity index (χ4v) is 2.91. The van der Waals surface area contributed by atoms with Gasteiger partial charge in [-0.2, -0.15) is 4.98 Å². The first-order chi connectivity index (χ1) is 12.2. The van der Waals surface area contributed by atoms with Crippen LogP contribution < -0.4 is 9.80 Å². The highest BCUT2D eigenvalue weighted by atomic mass is 16.5. The Morgan fingerprint density at radius 2 is 1.60 bits per heavy atom. The summed E-state index contributed by atoms with van der Waals surface area (Å²) in [5.74, 6) is 2.39. The van der Waals surface area contributed by atoms with Crippen LogP contribution in [0.5, 0.6) is 0 Å². The summed E-state index contributed by atoms with van der Waals surface area (Å²) in [6.45, 7) is 7.32. The lowest BCUT2D eigenvalue weighted by atomic mass is 10.1. The Balaban J connectivity index is 1.44. The molecule has 0 saturated carbocycles. The van der Waals surface area contributed by atoms with E-state index in [0.717, 1.165) is 43.4 Å². The number of piperazine rings is 1. The van der Waals surface area contributed by atoms with E-state index in [1.165, 1.54) is 5.56 Å². The average molecular weight is 336 g/mol. The largest absolute Gasteiger partial charge is 0.353 e. The number of hydrogen-bond acceptors (Lipinski definition) is 7. The molecule has 4 rings (SSSR count). The van der Waals surface area contributed by atoms with Crippen LogP contribution in [0, 0.1) is 13.8 Å². The van der Waals surface area contributed by atoms with Crippen LogP contribution in [-0.2, 0) is 0 Å². The second-order valence-electron chi connectivity index (χ2n) is 6.20. The molecular formula is C18H20N6O. The van der Waals surface area contributed by atoms with E-state index in [0.29, 0.717) is 11.8 Å². The predicted molar refractivity (Wildman–Crippen MR) is 95.7 cm³/mol. The van der Waals surface area contributed by atoms with Crippen molar-refractivity contribution in [2.45, 2.75) is 13.8 Å². The van der Waals surface area contributed by atoms with Crippen LogP contribution in [0.25, 0.3) is 11.4 Å². The normalized spacial score (nSPS) is 14.8. The van der Waals surface area contributed by atoms with Crippen LogP contribution >= 0.6 is 0 Å². The summed E-state index contributed by atoms with van der Waals surface area (Å²) in [7, 11) is 0. The summed E-state index contributed by atoms with van der Waals surface area (Å²) in [5.41, 5.74) is 2.18. The Morgan fingerprint density at radius 1 is 0.880 bits per heavy atom. The molecule has 1 aliphatic rings. The van der Waals surface area contributed by atoms with Crippen molar-refractivity contribution in [3.8, 4) is 11.4 Å². The molecule has 0 unspecified atom stereocenters. The molecule has 0 radical (unpaired) electrons. The summed E-state index contributed by atoms with van der Waals surface area (Å²) in [6.07, 6.45) is 1.80. The van der Waals surface area contributed by atoms with Gasteiger partial charge in [0, 0.05) is 37.9 Å². The molecule has 7 heteroatoms. The number of aromatic nitrogens is 4. The second kappa shape index (κ2) is 6.51. The van der Waals surface area contributed by atoms with Crippen molar-refractivity contribution < 1.29 is 4.52 Å². The third kappa shape index (κ3) is 3.31. The maximum Gasteiger partial charge on any atom is 0.324 e. The van der Waals surface area contributed by atoms with Crippen molar-refractivity contribution in [1.29, 1.82) is 0 Å². The topological polar surface area (TPSA) is 71.2 Å². The van der Waals surface area contributed by atoms with Crippen molar-refractivity contribution in [2.75, 3.05) is 36.0 Å². The minimum atomic E-state index is 0.578. The van der Waals surface area contributed by atoms with Gasteiger partial charge in [0.25, 0.3) is 0 Å². The van der Waals surface area contributed by atoms with Gasteiger partial charge in [-0.05, 0) is 19.9 Å². The van der Waals surface area contributed by atoms with Gasteiger partial charge >= 0.3 is 6.01 Å². The SMILES string of the molecule is Cc1ccc(-c2noc(N3CCN(c4ccnc(C)n4)CC3)n2)cc1. The van der Waals surface area contributed by atoms with Gasteiger partial charge in [-0.3, -0.25) is 0 Å². The van der Waals surface area contributed by atoms with E-state index in [1.54, 1.807) is 6.20 Å². The first-order valence-corrected chi connectivity index (χ1v) is 8.39. The van der Waals surface area contributed by atoms with E-state index < -0.39 is 0 Å². The summed E-state index contributed by atoms with van der Waals surface area (Å²) in [4.78, 5) is 17.6. The maximum atomic E-state index is 5.47. The van der Waals surface area contributed by atoms with E-state index >= 15 is 0 Å². The molecule has 1 fully saturated rings. The van der Waals surface area contributed by atoms with Crippen LogP contribution in [0.1, 0.15) is 11.4 Å². The zero-order valence-electron chi connectivity index (χ0n) is 14.4. The first-order valence-electron chi connectivity index (χ1n) is 8.39. The molecule has 25 heavy (non-hydrogen) atoms. The summed E-state index contributed by atoms with van der Waals surface area (Å²) < 4.78 is 5.47. The van der Waals surface area contributed by atoms with Gasteiger partial charge in [-0.25, -0.2) is 9.97 Å². The maximum absolute atomic E-state index is 5.47. The third-order valence-electron chi connectivity index (χ3n) is 4.36. The van der Waals surface area contributed by atoms with E-state index in [1.807, 2.05) is 37.3 Å². The monoisotopic (exact) mass is 336 g/mol. The van der Waals surface area contributed by atoms with E-state index in [4.69, 9.17) is 4.52 Å². The van der Waals surface area contributed by atoms with Crippen LogP contribution in [-0.4, -0.2) is 46.3 Å². The lowest BCUT2D eigenvalue weighted by Gasteiger charge is -2.34. The minimum Gasteiger partial charge on any atom is -0.353 e. The van der Waals surface area contributed by atoms with E-state index in [-0.39, 0.29) is 0 Å². The molecule has 0 N–H and O–H groups in total. The molecule has 1 saturated heterocycles. The van der Waals surface area contributed by atoms with Crippen molar-refractivity contribution in [1.82, 2.24) is 20.1 Å². The smallest absolute Gasteiger partial charge is 0.324 e. The van der Waals surface area contributed by atoms with Gasteiger partial charge in [0.2, 0.25) is 5.82 Å². The number of aryl methyl sites for hydroxylation is 2. The number of nitrogens with zero attached hydrogens (tertiary/aromatic N) is 6. The van der Waals surface area contributed by atoms with Gasteiger partial charge in [0.15, 0.2) is 0 Å². The molecule has 2 aromatic heterocycles. The molecule has 128 valence electrons. The Kier molecular flexibility index (Phi) is 4.05. The van der Waals surface area contributed by atoms with Crippen LogP contribution in [0.3, 0.4) is 0 Å². The van der Waals surface area contributed by atoms with Crippen molar-refractivity contribution in [3.63, 3.8) is 0 Å². The van der Waals surface area contributed by atoms with E-state index in [9.17, 15) is 0 Å². The van der Waals surface area contributed by atoms with Gasteiger partial charge in [-0.15, -0.1) is 0 Å². The van der Waals surface area contributed by atoms with E-state index in [2.05, 4.69) is 36.8 Å². The Morgan fingerprint density at radius 3 is 2.32 bits per heavy atom.